The molecule has 0 atom stereocenters. The van der Waals surface area contributed by atoms with Crippen molar-refractivity contribution in [2.45, 2.75) is 13.8 Å². The summed E-state index contributed by atoms with van der Waals surface area (Å²) in [6, 6.07) is 23.5. The van der Waals surface area contributed by atoms with Crippen molar-refractivity contribution in [1.29, 1.82) is 0 Å². The van der Waals surface area contributed by atoms with E-state index in [1.807, 2.05) is 56.3 Å². The largest absolute Gasteiger partial charge is 0.322 e. The van der Waals surface area contributed by atoms with Gasteiger partial charge in [-0.15, -0.1) is 0 Å². The van der Waals surface area contributed by atoms with E-state index in [0.29, 0.717) is 16.8 Å². The van der Waals surface area contributed by atoms with Crippen LogP contribution in [0.25, 0.3) is 0 Å². The summed E-state index contributed by atoms with van der Waals surface area (Å²) in [4.78, 5) is 24.4. The van der Waals surface area contributed by atoms with Crippen LogP contribution in [0.1, 0.15) is 38.8 Å². The Labute approximate surface area is 164 Å². The molecule has 5 nitrogen and oxygen atoms in total. The summed E-state index contributed by atoms with van der Waals surface area (Å²) in [5.74, 6) is -0.511. The lowest BCUT2D eigenvalue weighted by Crippen LogP contribution is -2.19. The zero-order valence-corrected chi connectivity index (χ0v) is 15.8. The Morgan fingerprint density at radius 3 is 1.93 bits per heavy atom. The Kier molecular flexibility index (Phi) is 5.97. The second-order valence-corrected chi connectivity index (χ2v) is 6.40. The molecule has 2 amide bonds. The summed E-state index contributed by atoms with van der Waals surface area (Å²) < 4.78 is 0. The molecule has 0 aliphatic rings. The number of amides is 2. The number of benzene rings is 3. The maximum absolute atomic E-state index is 12.3. The molecule has 0 aliphatic carbocycles. The van der Waals surface area contributed by atoms with E-state index in [9.17, 15) is 9.59 Å². The van der Waals surface area contributed by atoms with E-state index in [2.05, 4.69) is 15.8 Å². The van der Waals surface area contributed by atoms with Crippen LogP contribution in [0.5, 0.6) is 0 Å². The first kappa shape index (κ1) is 19.0. The third-order valence-electron chi connectivity index (χ3n) is 4.24. The van der Waals surface area contributed by atoms with Crippen LogP contribution in [0.4, 0.5) is 5.69 Å². The molecule has 2 N–H and O–H groups in total. The Balaban J connectivity index is 1.61. The molecule has 0 fully saturated rings. The molecule has 0 saturated heterocycles. The topological polar surface area (TPSA) is 70.6 Å². The molecule has 0 aromatic heterocycles. The summed E-state index contributed by atoms with van der Waals surface area (Å²) in [7, 11) is 0. The highest BCUT2D eigenvalue weighted by Crippen LogP contribution is 2.12. The quantitative estimate of drug-likeness (QED) is 0.515. The predicted molar refractivity (Wildman–Crippen MR) is 112 cm³/mol. The smallest absolute Gasteiger partial charge is 0.271 e. The standard InChI is InChI=1S/C23H21N3O2/c1-16-8-10-18(11-9-16)17(2)25-26-23(28)20-12-14-21(15-13-20)24-22(27)19-6-4-3-5-7-19/h3-15H,1-2H3,(H,24,27)(H,26,28)/b25-17+. The minimum absolute atomic E-state index is 0.198. The third-order valence-corrected chi connectivity index (χ3v) is 4.24. The predicted octanol–water partition coefficient (Wildman–Crippen LogP) is 4.40. The maximum atomic E-state index is 12.3. The fourth-order valence-electron chi connectivity index (χ4n) is 2.56. The van der Waals surface area contributed by atoms with Gasteiger partial charge in [-0.05, 0) is 55.8 Å². The number of hydrogen-bond acceptors (Lipinski definition) is 3. The number of rotatable bonds is 5. The summed E-state index contributed by atoms with van der Waals surface area (Å²) in [5, 5.41) is 6.96. The number of carbonyl (C=O) groups is 2. The van der Waals surface area contributed by atoms with Crippen molar-refractivity contribution in [2.24, 2.45) is 5.10 Å². The molecular weight excluding hydrogens is 350 g/mol. The average Bonchev–Trinajstić information content (AvgIpc) is 2.73. The minimum Gasteiger partial charge on any atom is -0.322 e. The van der Waals surface area contributed by atoms with E-state index in [1.54, 1.807) is 36.4 Å². The first-order chi connectivity index (χ1) is 13.5. The van der Waals surface area contributed by atoms with Crippen molar-refractivity contribution in [3.8, 4) is 0 Å². The van der Waals surface area contributed by atoms with Gasteiger partial charge in [-0.25, -0.2) is 5.43 Å². The number of hydrogen-bond donors (Lipinski definition) is 2. The number of hydrazone groups is 1. The normalized spacial score (nSPS) is 11.0. The fraction of sp³-hybridized carbons (Fsp3) is 0.0870. The number of nitrogens with one attached hydrogen (secondary N) is 2. The van der Waals surface area contributed by atoms with Crippen molar-refractivity contribution in [1.82, 2.24) is 5.43 Å². The van der Waals surface area contributed by atoms with Gasteiger partial charge in [0.05, 0.1) is 5.71 Å². The molecule has 140 valence electrons. The minimum atomic E-state index is -0.313. The highest BCUT2D eigenvalue weighted by molar-refractivity contribution is 6.04. The van der Waals surface area contributed by atoms with Gasteiger partial charge in [0, 0.05) is 16.8 Å². The van der Waals surface area contributed by atoms with Gasteiger partial charge in [0.2, 0.25) is 0 Å². The van der Waals surface area contributed by atoms with Crippen LogP contribution in [0.15, 0.2) is 84.0 Å². The van der Waals surface area contributed by atoms with Crippen molar-refractivity contribution >= 4 is 23.2 Å². The number of anilines is 1. The zero-order chi connectivity index (χ0) is 19.9. The van der Waals surface area contributed by atoms with Gasteiger partial charge in [0.15, 0.2) is 0 Å². The van der Waals surface area contributed by atoms with Gasteiger partial charge in [0.1, 0.15) is 0 Å². The van der Waals surface area contributed by atoms with E-state index in [-0.39, 0.29) is 11.8 Å². The zero-order valence-electron chi connectivity index (χ0n) is 15.8. The van der Waals surface area contributed by atoms with E-state index in [0.717, 1.165) is 11.3 Å². The average molecular weight is 371 g/mol. The van der Waals surface area contributed by atoms with Crippen molar-refractivity contribution in [2.75, 3.05) is 5.32 Å². The highest BCUT2D eigenvalue weighted by Gasteiger charge is 2.08. The SMILES string of the molecule is C/C(=N\NC(=O)c1ccc(NC(=O)c2ccccc2)cc1)c1ccc(C)cc1. The molecule has 0 unspecified atom stereocenters. The highest BCUT2D eigenvalue weighted by atomic mass is 16.2. The van der Waals surface area contributed by atoms with Crippen LogP contribution in [-0.2, 0) is 0 Å². The molecule has 3 aromatic carbocycles. The van der Waals surface area contributed by atoms with Gasteiger partial charge in [-0.1, -0.05) is 48.0 Å². The lowest BCUT2D eigenvalue weighted by Gasteiger charge is -2.07. The van der Waals surface area contributed by atoms with Crippen LogP contribution in [0, 0.1) is 6.92 Å². The molecule has 3 aromatic rings. The van der Waals surface area contributed by atoms with E-state index >= 15 is 0 Å². The maximum Gasteiger partial charge on any atom is 0.271 e. The van der Waals surface area contributed by atoms with Crippen LogP contribution >= 0.6 is 0 Å². The lowest BCUT2D eigenvalue weighted by atomic mass is 10.1. The van der Waals surface area contributed by atoms with Crippen molar-refractivity contribution in [3.63, 3.8) is 0 Å². The number of aryl methyl sites for hydroxylation is 1. The van der Waals surface area contributed by atoms with Crippen molar-refractivity contribution < 1.29 is 9.59 Å². The number of nitrogens with zero attached hydrogens (tertiary/aromatic N) is 1. The Morgan fingerprint density at radius 1 is 0.714 bits per heavy atom. The van der Waals surface area contributed by atoms with Crippen LogP contribution < -0.4 is 10.7 Å². The fourth-order valence-corrected chi connectivity index (χ4v) is 2.56. The second-order valence-electron chi connectivity index (χ2n) is 6.40. The van der Waals surface area contributed by atoms with E-state index in [1.165, 1.54) is 5.56 Å². The van der Waals surface area contributed by atoms with Crippen LogP contribution in [-0.4, -0.2) is 17.5 Å². The summed E-state index contributed by atoms with van der Waals surface area (Å²) in [6.07, 6.45) is 0. The molecule has 28 heavy (non-hydrogen) atoms. The van der Waals surface area contributed by atoms with Crippen LogP contribution in [0.2, 0.25) is 0 Å². The molecule has 5 heteroatoms. The Hall–Kier alpha value is -3.73. The molecule has 0 radical (unpaired) electrons. The third kappa shape index (κ3) is 4.92. The molecule has 0 heterocycles. The summed E-state index contributed by atoms with van der Waals surface area (Å²) in [5.41, 5.74) is 7.04. The molecule has 0 spiro atoms. The van der Waals surface area contributed by atoms with Crippen molar-refractivity contribution in [3.05, 3.63) is 101 Å². The second kappa shape index (κ2) is 8.77. The van der Waals surface area contributed by atoms with Gasteiger partial charge >= 0.3 is 0 Å². The van der Waals surface area contributed by atoms with Gasteiger partial charge < -0.3 is 5.32 Å². The molecule has 0 saturated carbocycles. The summed E-state index contributed by atoms with van der Waals surface area (Å²) in [6.45, 7) is 3.86. The molecular formula is C23H21N3O2. The number of carbonyl (C=O) groups excluding carboxylic acids is 2. The van der Waals surface area contributed by atoms with Gasteiger partial charge in [-0.3, -0.25) is 9.59 Å². The molecule has 0 bridgehead atoms. The Bertz CT molecular complexity index is 992. The van der Waals surface area contributed by atoms with Crippen LogP contribution in [0.3, 0.4) is 0 Å². The monoisotopic (exact) mass is 371 g/mol. The first-order valence-corrected chi connectivity index (χ1v) is 8.91. The lowest BCUT2D eigenvalue weighted by molar-refractivity contribution is 0.0954. The molecule has 3 rings (SSSR count). The molecule has 0 aliphatic heterocycles. The Morgan fingerprint density at radius 2 is 1.29 bits per heavy atom. The van der Waals surface area contributed by atoms with Gasteiger partial charge in [0.25, 0.3) is 11.8 Å². The summed E-state index contributed by atoms with van der Waals surface area (Å²) >= 11 is 0. The van der Waals surface area contributed by atoms with E-state index < -0.39 is 0 Å². The van der Waals surface area contributed by atoms with Gasteiger partial charge in [-0.2, -0.15) is 5.10 Å². The van der Waals surface area contributed by atoms with E-state index in [4.69, 9.17) is 0 Å². The first-order valence-electron chi connectivity index (χ1n) is 8.91.